The van der Waals surface area contributed by atoms with E-state index < -0.39 is 0 Å². The number of carbonyl (C=O) groups excluding carboxylic acids is 1. The summed E-state index contributed by atoms with van der Waals surface area (Å²) in [5.41, 5.74) is 0. The highest BCUT2D eigenvalue weighted by Crippen LogP contribution is 2.07. The van der Waals surface area contributed by atoms with E-state index in [0.717, 1.165) is 32.6 Å². The first-order valence-electron chi connectivity index (χ1n) is 5.58. The minimum Gasteiger partial charge on any atom is -0.342 e. The third-order valence-corrected chi connectivity index (χ3v) is 3.06. The van der Waals surface area contributed by atoms with Gasteiger partial charge in [0.2, 0.25) is 5.91 Å². The van der Waals surface area contributed by atoms with Gasteiger partial charge in [-0.3, -0.25) is 4.79 Å². The molecule has 1 unspecified atom stereocenters. The number of hydrogen-bond donors (Lipinski definition) is 2. The Labute approximate surface area is 85.0 Å². The van der Waals surface area contributed by atoms with Crippen molar-refractivity contribution in [1.82, 2.24) is 15.5 Å². The fraction of sp³-hybridized carbons (Fsp3) is 0.900. The summed E-state index contributed by atoms with van der Waals surface area (Å²) in [5.74, 6) is 0.273. The van der Waals surface area contributed by atoms with Gasteiger partial charge in [-0.2, -0.15) is 0 Å². The molecule has 0 aromatic heterocycles. The first-order chi connectivity index (χ1) is 6.86. The second kappa shape index (κ2) is 4.75. The van der Waals surface area contributed by atoms with E-state index >= 15 is 0 Å². The van der Waals surface area contributed by atoms with Crippen LogP contribution < -0.4 is 10.6 Å². The van der Waals surface area contributed by atoms with Gasteiger partial charge in [0.05, 0.1) is 6.54 Å². The Morgan fingerprint density at radius 2 is 2.21 bits per heavy atom. The first-order valence-corrected chi connectivity index (χ1v) is 5.58. The summed E-state index contributed by atoms with van der Waals surface area (Å²) >= 11 is 0. The molecule has 14 heavy (non-hydrogen) atoms. The van der Waals surface area contributed by atoms with Crippen molar-refractivity contribution >= 4 is 5.91 Å². The number of amides is 1. The predicted molar refractivity (Wildman–Crippen MR) is 55.1 cm³/mol. The van der Waals surface area contributed by atoms with E-state index in [1.165, 1.54) is 12.8 Å². The maximum atomic E-state index is 11.6. The summed E-state index contributed by atoms with van der Waals surface area (Å²) in [7, 11) is 0. The predicted octanol–water partition coefficient (Wildman–Crippen LogP) is -0.440. The molecule has 2 rings (SSSR count). The van der Waals surface area contributed by atoms with E-state index in [0.29, 0.717) is 12.6 Å². The number of rotatable bonds is 3. The monoisotopic (exact) mass is 197 g/mol. The van der Waals surface area contributed by atoms with Crippen LogP contribution in [-0.2, 0) is 4.79 Å². The van der Waals surface area contributed by atoms with Crippen LogP contribution in [0, 0.1) is 0 Å². The molecule has 0 spiro atoms. The van der Waals surface area contributed by atoms with E-state index in [4.69, 9.17) is 0 Å². The molecule has 4 nitrogen and oxygen atoms in total. The van der Waals surface area contributed by atoms with Gasteiger partial charge in [-0.05, 0) is 25.8 Å². The van der Waals surface area contributed by atoms with Crippen LogP contribution in [-0.4, -0.2) is 49.6 Å². The summed E-state index contributed by atoms with van der Waals surface area (Å²) in [5, 5.41) is 6.58. The van der Waals surface area contributed by atoms with Crippen LogP contribution in [0.25, 0.3) is 0 Å². The number of likely N-dealkylation sites (tertiary alicyclic amines) is 1. The van der Waals surface area contributed by atoms with Gasteiger partial charge in [-0.15, -0.1) is 0 Å². The van der Waals surface area contributed by atoms with Crippen molar-refractivity contribution in [3.05, 3.63) is 0 Å². The molecule has 2 aliphatic rings. The molecule has 0 aromatic carbocycles. The molecular weight excluding hydrogens is 178 g/mol. The van der Waals surface area contributed by atoms with Crippen LogP contribution in [0.15, 0.2) is 0 Å². The van der Waals surface area contributed by atoms with Gasteiger partial charge in [0, 0.05) is 25.7 Å². The molecule has 0 radical (unpaired) electrons. The molecule has 0 aliphatic carbocycles. The molecule has 80 valence electrons. The van der Waals surface area contributed by atoms with Crippen molar-refractivity contribution < 1.29 is 4.79 Å². The normalized spacial score (nSPS) is 27.1. The smallest absolute Gasteiger partial charge is 0.236 e. The Kier molecular flexibility index (Phi) is 3.37. The summed E-state index contributed by atoms with van der Waals surface area (Å²) in [6.07, 6.45) is 3.50. The van der Waals surface area contributed by atoms with Crippen molar-refractivity contribution in [2.24, 2.45) is 0 Å². The number of nitrogens with one attached hydrogen (secondary N) is 2. The Hall–Kier alpha value is -0.610. The van der Waals surface area contributed by atoms with Crippen LogP contribution in [0.4, 0.5) is 0 Å². The standard InChI is InChI=1S/C10H19N3O/c14-10(13-5-1-2-6-13)8-12-9-3-4-11-7-9/h9,11-12H,1-8H2. The van der Waals surface area contributed by atoms with Crippen molar-refractivity contribution in [3.8, 4) is 0 Å². The highest BCUT2D eigenvalue weighted by molar-refractivity contribution is 5.78. The van der Waals surface area contributed by atoms with E-state index in [2.05, 4.69) is 10.6 Å². The number of carbonyl (C=O) groups is 1. The zero-order valence-electron chi connectivity index (χ0n) is 8.59. The average Bonchev–Trinajstić information content (AvgIpc) is 2.87. The van der Waals surface area contributed by atoms with Gasteiger partial charge in [0.25, 0.3) is 0 Å². The van der Waals surface area contributed by atoms with Crippen molar-refractivity contribution in [2.45, 2.75) is 25.3 Å². The highest BCUT2D eigenvalue weighted by Gasteiger charge is 2.19. The maximum Gasteiger partial charge on any atom is 0.236 e. The van der Waals surface area contributed by atoms with Crippen LogP contribution in [0.5, 0.6) is 0 Å². The van der Waals surface area contributed by atoms with Gasteiger partial charge in [0.1, 0.15) is 0 Å². The van der Waals surface area contributed by atoms with E-state index in [1.54, 1.807) is 0 Å². The van der Waals surface area contributed by atoms with Gasteiger partial charge < -0.3 is 15.5 Å². The first kappa shape index (κ1) is 9.93. The van der Waals surface area contributed by atoms with Gasteiger partial charge in [-0.25, -0.2) is 0 Å². The third kappa shape index (κ3) is 2.45. The molecular formula is C10H19N3O. The fourth-order valence-corrected chi connectivity index (χ4v) is 2.14. The molecule has 2 fully saturated rings. The molecule has 2 saturated heterocycles. The Bertz CT molecular complexity index is 196. The van der Waals surface area contributed by atoms with E-state index in [9.17, 15) is 4.79 Å². The molecule has 4 heteroatoms. The van der Waals surface area contributed by atoms with Crippen molar-refractivity contribution in [2.75, 3.05) is 32.7 Å². The van der Waals surface area contributed by atoms with Gasteiger partial charge >= 0.3 is 0 Å². The summed E-state index contributed by atoms with van der Waals surface area (Å²) in [6.45, 7) is 4.53. The summed E-state index contributed by atoms with van der Waals surface area (Å²) < 4.78 is 0. The van der Waals surface area contributed by atoms with Gasteiger partial charge in [0.15, 0.2) is 0 Å². The van der Waals surface area contributed by atoms with Crippen LogP contribution in [0.2, 0.25) is 0 Å². The van der Waals surface area contributed by atoms with E-state index in [1.807, 2.05) is 4.90 Å². The second-order valence-electron chi connectivity index (χ2n) is 4.16. The lowest BCUT2D eigenvalue weighted by atomic mass is 10.2. The topological polar surface area (TPSA) is 44.4 Å². The molecule has 2 N–H and O–H groups in total. The Balaban J connectivity index is 1.66. The molecule has 1 amide bonds. The summed E-state index contributed by atoms with van der Waals surface area (Å²) in [6, 6.07) is 0.501. The quantitative estimate of drug-likeness (QED) is 0.645. The molecule has 0 saturated carbocycles. The Morgan fingerprint density at radius 3 is 2.86 bits per heavy atom. The molecule has 0 aromatic rings. The molecule has 2 aliphatic heterocycles. The van der Waals surface area contributed by atoms with Crippen molar-refractivity contribution in [3.63, 3.8) is 0 Å². The summed E-state index contributed by atoms with van der Waals surface area (Å²) in [4.78, 5) is 13.6. The number of nitrogens with zero attached hydrogens (tertiary/aromatic N) is 1. The van der Waals surface area contributed by atoms with Crippen LogP contribution in [0.1, 0.15) is 19.3 Å². The SMILES string of the molecule is O=C(CNC1CCNC1)N1CCCC1. The lowest BCUT2D eigenvalue weighted by Crippen LogP contribution is -2.41. The van der Waals surface area contributed by atoms with Crippen LogP contribution >= 0.6 is 0 Å². The largest absolute Gasteiger partial charge is 0.342 e. The lowest BCUT2D eigenvalue weighted by molar-refractivity contribution is -0.129. The minimum atomic E-state index is 0.273. The zero-order chi connectivity index (χ0) is 9.80. The minimum absolute atomic E-state index is 0.273. The van der Waals surface area contributed by atoms with Crippen LogP contribution in [0.3, 0.4) is 0 Å². The lowest BCUT2D eigenvalue weighted by Gasteiger charge is -2.17. The van der Waals surface area contributed by atoms with Crippen molar-refractivity contribution in [1.29, 1.82) is 0 Å². The second-order valence-corrected chi connectivity index (χ2v) is 4.16. The molecule has 0 bridgehead atoms. The zero-order valence-corrected chi connectivity index (χ0v) is 8.59. The molecule has 1 atom stereocenters. The highest BCUT2D eigenvalue weighted by atomic mass is 16.2. The third-order valence-electron chi connectivity index (χ3n) is 3.06. The Morgan fingerprint density at radius 1 is 1.43 bits per heavy atom. The average molecular weight is 197 g/mol. The molecule has 2 heterocycles. The van der Waals surface area contributed by atoms with Gasteiger partial charge in [-0.1, -0.05) is 0 Å². The fourth-order valence-electron chi connectivity index (χ4n) is 2.14. The number of hydrogen-bond acceptors (Lipinski definition) is 3. The maximum absolute atomic E-state index is 11.6. The van der Waals surface area contributed by atoms with E-state index in [-0.39, 0.29) is 5.91 Å².